The lowest BCUT2D eigenvalue weighted by molar-refractivity contribution is -0.141. The number of nitrogens with two attached hydrogens (primary N) is 1. The maximum Gasteiger partial charge on any atom is 0.433 e. The van der Waals surface area contributed by atoms with Crippen LogP contribution < -0.4 is 15.5 Å². The number of nitrogens with zero attached hydrogens (tertiary/aromatic N) is 3. The summed E-state index contributed by atoms with van der Waals surface area (Å²) in [5.41, 5.74) is 7.78. The molecule has 1 aromatic heterocycles. The van der Waals surface area contributed by atoms with Crippen LogP contribution >= 0.6 is 0 Å². The highest BCUT2D eigenvalue weighted by Gasteiger charge is 2.33. The number of pyridine rings is 1. The second-order valence-electron chi connectivity index (χ2n) is 6.19. The van der Waals surface area contributed by atoms with Gasteiger partial charge >= 0.3 is 6.18 Å². The van der Waals surface area contributed by atoms with Crippen LogP contribution in [0.5, 0.6) is 0 Å². The van der Waals surface area contributed by atoms with Gasteiger partial charge in [-0.05, 0) is 25.1 Å². The number of halogens is 3. The first-order valence-corrected chi connectivity index (χ1v) is 8.22. The monoisotopic (exact) mass is 350 g/mol. The molecule has 134 valence electrons. The van der Waals surface area contributed by atoms with Crippen molar-refractivity contribution in [2.24, 2.45) is 5.73 Å². The third kappa shape index (κ3) is 3.87. The Hall–Kier alpha value is -2.28. The van der Waals surface area contributed by atoms with Gasteiger partial charge in [0.05, 0.1) is 0 Å². The number of aromatic nitrogens is 1. The summed E-state index contributed by atoms with van der Waals surface area (Å²) in [4.78, 5) is 7.97. The Morgan fingerprint density at radius 2 is 1.56 bits per heavy atom. The molecule has 2 N–H and O–H groups in total. The maximum absolute atomic E-state index is 13.0. The predicted molar refractivity (Wildman–Crippen MR) is 92.7 cm³/mol. The first-order valence-electron chi connectivity index (χ1n) is 8.22. The summed E-state index contributed by atoms with van der Waals surface area (Å²) in [5.74, 6) is 0.348. The van der Waals surface area contributed by atoms with Gasteiger partial charge < -0.3 is 15.5 Å². The summed E-state index contributed by atoms with van der Waals surface area (Å²) in [6, 6.07) is 10.7. The van der Waals surface area contributed by atoms with Crippen molar-refractivity contribution < 1.29 is 13.2 Å². The van der Waals surface area contributed by atoms with Crippen LogP contribution in [0.1, 0.15) is 16.8 Å². The first kappa shape index (κ1) is 17.5. The summed E-state index contributed by atoms with van der Waals surface area (Å²) < 4.78 is 38.9. The normalized spacial score (nSPS) is 15.6. The largest absolute Gasteiger partial charge is 0.433 e. The quantitative estimate of drug-likeness (QED) is 0.923. The molecule has 3 rings (SSSR count). The summed E-state index contributed by atoms with van der Waals surface area (Å²) in [6.07, 6.45) is -4.45. The fourth-order valence-electron chi connectivity index (χ4n) is 3.00. The molecule has 1 aromatic carbocycles. The van der Waals surface area contributed by atoms with Gasteiger partial charge in [0.25, 0.3) is 0 Å². The Bertz CT molecular complexity index is 720. The van der Waals surface area contributed by atoms with Crippen molar-refractivity contribution in [1.82, 2.24) is 4.98 Å². The van der Waals surface area contributed by atoms with Crippen molar-refractivity contribution in [2.75, 3.05) is 36.0 Å². The number of benzene rings is 1. The number of alkyl halides is 3. The van der Waals surface area contributed by atoms with Gasteiger partial charge in [-0.25, -0.2) is 4.98 Å². The Morgan fingerprint density at radius 1 is 0.960 bits per heavy atom. The molecule has 0 unspecified atom stereocenters. The SMILES string of the molecule is Cc1ccc(N2CCN(c3nc(C(F)(F)F)ccc3CN)CC2)cc1. The molecule has 0 saturated carbocycles. The molecule has 0 amide bonds. The minimum Gasteiger partial charge on any atom is -0.368 e. The molecule has 0 bridgehead atoms. The fraction of sp³-hybridized carbons (Fsp3) is 0.389. The fourth-order valence-corrected chi connectivity index (χ4v) is 3.00. The number of piperazine rings is 1. The summed E-state index contributed by atoms with van der Waals surface area (Å²) >= 11 is 0. The third-order valence-corrected chi connectivity index (χ3v) is 4.44. The lowest BCUT2D eigenvalue weighted by Crippen LogP contribution is -2.47. The van der Waals surface area contributed by atoms with Crippen molar-refractivity contribution in [3.8, 4) is 0 Å². The Balaban J connectivity index is 1.77. The van der Waals surface area contributed by atoms with Gasteiger partial charge in [-0.3, -0.25) is 0 Å². The van der Waals surface area contributed by atoms with Gasteiger partial charge in [-0.2, -0.15) is 13.2 Å². The van der Waals surface area contributed by atoms with Crippen molar-refractivity contribution in [1.29, 1.82) is 0 Å². The van der Waals surface area contributed by atoms with Crippen LogP contribution in [0.2, 0.25) is 0 Å². The van der Waals surface area contributed by atoms with Crippen LogP contribution in [0.15, 0.2) is 36.4 Å². The third-order valence-electron chi connectivity index (χ3n) is 4.44. The molecular formula is C18H21F3N4. The molecule has 1 saturated heterocycles. The average Bonchev–Trinajstić information content (AvgIpc) is 2.61. The molecule has 7 heteroatoms. The molecule has 0 atom stereocenters. The lowest BCUT2D eigenvalue weighted by Gasteiger charge is -2.37. The lowest BCUT2D eigenvalue weighted by atomic mass is 10.1. The zero-order chi connectivity index (χ0) is 18.0. The Labute approximate surface area is 145 Å². The summed E-state index contributed by atoms with van der Waals surface area (Å²) in [7, 11) is 0. The number of hydrogen-bond donors (Lipinski definition) is 1. The smallest absolute Gasteiger partial charge is 0.368 e. The second-order valence-corrected chi connectivity index (χ2v) is 6.19. The van der Waals surface area contributed by atoms with Crippen molar-refractivity contribution in [2.45, 2.75) is 19.6 Å². The molecule has 2 aromatic rings. The molecule has 1 fully saturated rings. The van der Waals surface area contributed by atoms with E-state index in [1.165, 1.54) is 11.6 Å². The Morgan fingerprint density at radius 3 is 2.12 bits per heavy atom. The first-order chi connectivity index (χ1) is 11.9. The standard InChI is InChI=1S/C18H21F3N4/c1-13-2-5-15(6-3-13)24-8-10-25(11-9-24)17-14(12-22)4-7-16(23-17)18(19,20)21/h2-7H,8-12,22H2,1H3. The zero-order valence-electron chi connectivity index (χ0n) is 14.1. The van der Waals surface area contributed by atoms with E-state index in [-0.39, 0.29) is 6.54 Å². The van der Waals surface area contributed by atoms with E-state index in [1.54, 1.807) is 0 Å². The van der Waals surface area contributed by atoms with Gasteiger partial charge in [0, 0.05) is 44.0 Å². The van der Waals surface area contributed by atoms with Crippen LogP contribution in [-0.2, 0) is 12.7 Å². The van der Waals surface area contributed by atoms with E-state index in [4.69, 9.17) is 5.73 Å². The number of hydrogen-bond acceptors (Lipinski definition) is 4. The molecule has 1 aliphatic rings. The van der Waals surface area contributed by atoms with Gasteiger partial charge in [0.2, 0.25) is 0 Å². The van der Waals surface area contributed by atoms with E-state index in [1.807, 2.05) is 11.8 Å². The van der Waals surface area contributed by atoms with Gasteiger partial charge in [-0.15, -0.1) is 0 Å². The predicted octanol–water partition coefficient (Wildman–Crippen LogP) is 3.19. The highest BCUT2D eigenvalue weighted by Crippen LogP contribution is 2.31. The molecule has 0 spiro atoms. The topological polar surface area (TPSA) is 45.4 Å². The van der Waals surface area contributed by atoms with Crippen LogP contribution in [0.3, 0.4) is 0 Å². The molecule has 1 aliphatic heterocycles. The second kappa shape index (κ2) is 6.92. The van der Waals surface area contributed by atoms with Gasteiger partial charge in [-0.1, -0.05) is 23.8 Å². The van der Waals surface area contributed by atoms with E-state index in [2.05, 4.69) is 34.1 Å². The van der Waals surface area contributed by atoms with Crippen LogP contribution in [-0.4, -0.2) is 31.2 Å². The van der Waals surface area contributed by atoms with E-state index >= 15 is 0 Å². The van der Waals surface area contributed by atoms with E-state index in [9.17, 15) is 13.2 Å². The van der Waals surface area contributed by atoms with Gasteiger partial charge in [0.1, 0.15) is 11.5 Å². The number of anilines is 2. The molecule has 0 aliphatic carbocycles. The maximum atomic E-state index is 13.0. The van der Waals surface area contributed by atoms with Gasteiger partial charge in [0.15, 0.2) is 0 Å². The van der Waals surface area contributed by atoms with Crippen molar-refractivity contribution in [3.63, 3.8) is 0 Å². The van der Waals surface area contributed by atoms with E-state index in [0.717, 1.165) is 24.8 Å². The van der Waals surface area contributed by atoms with Crippen LogP contribution in [0, 0.1) is 6.92 Å². The molecule has 4 nitrogen and oxygen atoms in total. The average molecular weight is 350 g/mol. The molecular weight excluding hydrogens is 329 g/mol. The summed E-state index contributed by atoms with van der Waals surface area (Å²) in [6.45, 7) is 4.87. The van der Waals surface area contributed by atoms with Crippen molar-refractivity contribution in [3.05, 3.63) is 53.2 Å². The highest BCUT2D eigenvalue weighted by molar-refractivity contribution is 5.53. The van der Waals surface area contributed by atoms with Crippen molar-refractivity contribution >= 4 is 11.5 Å². The molecule has 0 radical (unpaired) electrons. The molecule has 25 heavy (non-hydrogen) atoms. The number of aryl methyl sites for hydroxylation is 1. The van der Waals surface area contributed by atoms with Crippen LogP contribution in [0.4, 0.5) is 24.7 Å². The Kier molecular flexibility index (Phi) is 4.85. The summed E-state index contributed by atoms with van der Waals surface area (Å²) in [5, 5.41) is 0. The van der Waals surface area contributed by atoms with E-state index < -0.39 is 11.9 Å². The van der Waals surface area contributed by atoms with Crippen LogP contribution in [0.25, 0.3) is 0 Å². The minimum atomic E-state index is -4.45. The zero-order valence-corrected chi connectivity index (χ0v) is 14.1. The minimum absolute atomic E-state index is 0.165. The molecule has 2 heterocycles. The highest BCUT2D eigenvalue weighted by atomic mass is 19.4. The number of rotatable bonds is 3. The van der Waals surface area contributed by atoms with E-state index in [0.29, 0.717) is 24.5 Å².